The first-order valence-electron chi connectivity index (χ1n) is 10.6. The number of aromatic nitrogens is 2. The van der Waals surface area contributed by atoms with Crippen LogP contribution in [-0.2, 0) is 4.79 Å². The Labute approximate surface area is 168 Å². The molecule has 0 N–H and O–H groups in total. The Hall–Kier alpha value is -2.43. The van der Waals surface area contributed by atoms with Crippen LogP contribution in [0.5, 0.6) is 0 Å². The van der Waals surface area contributed by atoms with Gasteiger partial charge in [-0.05, 0) is 50.8 Å². The number of hydrogen-bond acceptors (Lipinski definition) is 4. The van der Waals surface area contributed by atoms with E-state index in [0.717, 1.165) is 68.9 Å². The number of aryl methyl sites for hydroxylation is 1. The van der Waals surface area contributed by atoms with E-state index in [0.29, 0.717) is 5.91 Å². The molecule has 5 heteroatoms. The van der Waals surface area contributed by atoms with Gasteiger partial charge < -0.3 is 9.80 Å². The van der Waals surface area contributed by atoms with E-state index in [-0.39, 0.29) is 5.92 Å². The third kappa shape index (κ3) is 4.70. The monoisotopic (exact) mass is 380 g/mol. The normalized spacial score (nSPS) is 16.8. The molecule has 5 nitrogen and oxygen atoms in total. The van der Waals surface area contributed by atoms with Crippen LogP contribution in [0.1, 0.15) is 45.1 Å². The fourth-order valence-corrected chi connectivity index (χ4v) is 3.92. The van der Waals surface area contributed by atoms with Gasteiger partial charge in [0.2, 0.25) is 5.91 Å². The topological polar surface area (TPSA) is 49.3 Å². The molecule has 1 aromatic carbocycles. The molecule has 0 bridgehead atoms. The van der Waals surface area contributed by atoms with Gasteiger partial charge in [0.15, 0.2) is 5.82 Å². The molecule has 0 aliphatic carbocycles. The average Bonchev–Trinajstić information content (AvgIpc) is 2.75. The molecular weight excluding hydrogens is 348 g/mol. The molecule has 2 heterocycles. The van der Waals surface area contributed by atoms with Crippen molar-refractivity contribution in [1.82, 2.24) is 15.1 Å². The van der Waals surface area contributed by atoms with E-state index in [9.17, 15) is 4.79 Å². The molecule has 1 atom stereocenters. The molecule has 3 rings (SSSR count). The minimum absolute atomic E-state index is 0.0587. The highest BCUT2D eigenvalue weighted by atomic mass is 16.2. The number of benzene rings is 1. The van der Waals surface area contributed by atoms with Gasteiger partial charge in [0.25, 0.3) is 0 Å². The highest BCUT2D eigenvalue weighted by Crippen LogP contribution is 2.25. The van der Waals surface area contributed by atoms with Crippen LogP contribution < -0.4 is 4.90 Å². The van der Waals surface area contributed by atoms with Crippen LogP contribution in [0.15, 0.2) is 36.4 Å². The average molecular weight is 381 g/mol. The predicted octanol–water partition coefficient (Wildman–Crippen LogP) is 4.32. The van der Waals surface area contributed by atoms with Crippen molar-refractivity contribution >= 4 is 11.7 Å². The van der Waals surface area contributed by atoms with Crippen LogP contribution in [-0.4, -0.2) is 47.2 Å². The standard InChI is InChI=1S/C23H32N4O/c1-4-6-15-26(5-2)23(28)19-11-9-16-27(17-19)22-14-13-21(24-25-22)20-12-8-7-10-18(20)3/h7-8,10,12-14,19H,4-6,9,11,15-17H2,1-3H3. The zero-order chi connectivity index (χ0) is 19.9. The highest BCUT2D eigenvalue weighted by Gasteiger charge is 2.29. The van der Waals surface area contributed by atoms with E-state index < -0.39 is 0 Å². The molecule has 1 aliphatic rings. The van der Waals surface area contributed by atoms with Crippen molar-refractivity contribution in [2.45, 2.75) is 46.5 Å². The Morgan fingerprint density at radius 2 is 2.00 bits per heavy atom. The van der Waals surface area contributed by atoms with E-state index in [2.05, 4.69) is 48.0 Å². The van der Waals surface area contributed by atoms with Gasteiger partial charge in [0.05, 0.1) is 11.6 Å². The summed E-state index contributed by atoms with van der Waals surface area (Å²) in [6.07, 6.45) is 4.17. The van der Waals surface area contributed by atoms with Crippen LogP contribution in [0.3, 0.4) is 0 Å². The van der Waals surface area contributed by atoms with Gasteiger partial charge in [-0.3, -0.25) is 4.79 Å². The number of rotatable bonds is 7. The quantitative estimate of drug-likeness (QED) is 0.718. The van der Waals surface area contributed by atoms with Gasteiger partial charge >= 0.3 is 0 Å². The number of nitrogens with zero attached hydrogens (tertiary/aromatic N) is 4. The molecule has 1 amide bonds. The SMILES string of the molecule is CCCCN(CC)C(=O)C1CCCN(c2ccc(-c3ccccc3C)nn2)C1. The summed E-state index contributed by atoms with van der Waals surface area (Å²) >= 11 is 0. The molecule has 0 saturated carbocycles. The van der Waals surface area contributed by atoms with Gasteiger partial charge in [-0.15, -0.1) is 10.2 Å². The van der Waals surface area contributed by atoms with Gasteiger partial charge in [0, 0.05) is 31.7 Å². The Morgan fingerprint density at radius 3 is 2.68 bits per heavy atom. The second-order valence-corrected chi connectivity index (χ2v) is 7.65. The molecular formula is C23H32N4O. The van der Waals surface area contributed by atoms with Crippen molar-refractivity contribution in [3.05, 3.63) is 42.0 Å². The largest absolute Gasteiger partial charge is 0.354 e. The molecule has 1 unspecified atom stereocenters. The molecule has 0 spiro atoms. The van der Waals surface area contributed by atoms with Crippen molar-refractivity contribution in [3.8, 4) is 11.3 Å². The lowest BCUT2D eigenvalue weighted by Gasteiger charge is -2.35. The third-order valence-corrected chi connectivity index (χ3v) is 5.64. The fraction of sp³-hybridized carbons (Fsp3) is 0.522. The predicted molar refractivity (Wildman–Crippen MR) is 114 cm³/mol. The minimum Gasteiger partial charge on any atom is -0.354 e. The Balaban J connectivity index is 1.68. The lowest BCUT2D eigenvalue weighted by atomic mass is 9.96. The number of piperidine rings is 1. The summed E-state index contributed by atoms with van der Waals surface area (Å²) in [6, 6.07) is 12.3. The first kappa shape index (κ1) is 20.3. The maximum atomic E-state index is 13.0. The number of anilines is 1. The molecule has 1 fully saturated rings. The zero-order valence-corrected chi connectivity index (χ0v) is 17.4. The number of hydrogen-bond donors (Lipinski definition) is 0. The first-order chi connectivity index (χ1) is 13.6. The summed E-state index contributed by atoms with van der Waals surface area (Å²) in [4.78, 5) is 17.2. The first-order valence-corrected chi connectivity index (χ1v) is 10.6. The Bertz CT molecular complexity index is 774. The van der Waals surface area contributed by atoms with E-state index in [1.807, 2.05) is 29.2 Å². The summed E-state index contributed by atoms with van der Waals surface area (Å²) in [5, 5.41) is 8.94. The number of carbonyl (C=O) groups excluding carboxylic acids is 1. The van der Waals surface area contributed by atoms with E-state index in [1.54, 1.807) is 0 Å². The lowest BCUT2D eigenvalue weighted by molar-refractivity contribution is -0.135. The molecule has 1 saturated heterocycles. The van der Waals surface area contributed by atoms with Gasteiger partial charge in [0.1, 0.15) is 0 Å². The summed E-state index contributed by atoms with van der Waals surface area (Å²) in [5.41, 5.74) is 3.20. The molecule has 150 valence electrons. The van der Waals surface area contributed by atoms with Crippen LogP contribution in [0, 0.1) is 12.8 Å². The third-order valence-electron chi connectivity index (χ3n) is 5.64. The molecule has 28 heavy (non-hydrogen) atoms. The van der Waals surface area contributed by atoms with Crippen molar-refractivity contribution in [2.24, 2.45) is 5.92 Å². The summed E-state index contributed by atoms with van der Waals surface area (Å²) < 4.78 is 0. The van der Waals surface area contributed by atoms with Crippen molar-refractivity contribution in [3.63, 3.8) is 0 Å². The molecule has 0 radical (unpaired) electrons. The molecule has 1 aliphatic heterocycles. The Morgan fingerprint density at radius 1 is 1.18 bits per heavy atom. The van der Waals surface area contributed by atoms with Crippen molar-refractivity contribution < 1.29 is 4.79 Å². The van der Waals surface area contributed by atoms with Crippen LogP contribution in [0.25, 0.3) is 11.3 Å². The second kappa shape index (κ2) is 9.67. The van der Waals surface area contributed by atoms with Gasteiger partial charge in [-0.2, -0.15) is 0 Å². The van der Waals surface area contributed by atoms with Crippen LogP contribution in [0.2, 0.25) is 0 Å². The molecule has 1 aromatic heterocycles. The zero-order valence-electron chi connectivity index (χ0n) is 17.4. The minimum atomic E-state index is 0.0587. The summed E-state index contributed by atoms with van der Waals surface area (Å²) in [5.74, 6) is 1.22. The smallest absolute Gasteiger partial charge is 0.227 e. The Kier molecular flexibility index (Phi) is 7.01. The number of amides is 1. The number of carbonyl (C=O) groups is 1. The van der Waals surface area contributed by atoms with Crippen molar-refractivity contribution in [2.75, 3.05) is 31.1 Å². The van der Waals surface area contributed by atoms with Crippen molar-refractivity contribution in [1.29, 1.82) is 0 Å². The second-order valence-electron chi connectivity index (χ2n) is 7.65. The summed E-state index contributed by atoms with van der Waals surface area (Å²) in [7, 11) is 0. The van der Waals surface area contributed by atoms with Gasteiger partial charge in [-0.25, -0.2) is 0 Å². The number of unbranched alkanes of at least 4 members (excludes halogenated alkanes) is 1. The lowest BCUT2D eigenvalue weighted by Crippen LogP contribution is -2.45. The van der Waals surface area contributed by atoms with E-state index in [1.165, 1.54) is 5.56 Å². The maximum absolute atomic E-state index is 13.0. The fourth-order valence-electron chi connectivity index (χ4n) is 3.92. The van der Waals surface area contributed by atoms with Crippen LogP contribution >= 0.6 is 0 Å². The maximum Gasteiger partial charge on any atom is 0.227 e. The van der Waals surface area contributed by atoms with Crippen LogP contribution in [0.4, 0.5) is 5.82 Å². The van der Waals surface area contributed by atoms with E-state index in [4.69, 9.17) is 0 Å². The summed E-state index contributed by atoms with van der Waals surface area (Å²) in [6.45, 7) is 9.66. The van der Waals surface area contributed by atoms with E-state index >= 15 is 0 Å². The van der Waals surface area contributed by atoms with Gasteiger partial charge in [-0.1, -0.05) is 37.6 Å². The highest BCUT2D eigenvalue weighted by molar-refractivity contribution is 5.79. The molecule has 2 aromatic rings.